The fraction of sp³-hybridized carbons (Fsp3) is 0.207. The summed E-state index contributed by atoms with van der Waals surface area (Å²) in [5.41, 5.74) is 1.96. The van der Waals surface area contributed by atoms with E-state index in [1.807, 2.05) is 36.4 Å². The molecule has 0 bridgehead atoms. The van der Waals surface area contributed by atoms with E-state index >= 15 is 0 Å². The van der Waals surface area contributed by atoms with Crippen molar-refractivity contribution in [1.82, 2.24) is 4.57 Å². The number of ether oxygens (including phenoxy) is 3. The number of hydrogen-bond acceptors (Lipinski definition) is 8. The average molecular weight is 609 g/mol. The Morgan fingerprint density at radius 2 is 1.90 bits per heavy atom. The van der Waals surface area contributed by atoms with Gasteiger partial charge in [-0.1, -0.05) is 39.4 Å². The first-order valence-electron chi connectivity index (χ1n) is 12.1. The number of benzene rings is 2. The fourth-order valence-corrected chi connectivity index (χ4v) is 5.75. The van der Waals surface area contributed by atoms with Crippen LogP contribution in [-0.4, -0.2) is 31.4 Å². The lowest BCUT2D eigenvalue weighted by Gasteiger charge is -2.26. The predicted molar refractivity (Wildman–Crippen MR) is 152 cm³/mol. The summed E-state index contributed by atoms with van der Waals surface area (Å²) in [4.78, 5) is 32.1. The van der Waals surface area contributed by atoms with E-state index in [9.17, 15) is 9.59 Å². The maximum Gasteiger partial charge on any atom is 0.338 e. The molecule has 0 spiro atoms. The zero-order chi connectivity index (χ0) is 27.7. The Hall–Kier alpha value is -3.89. The molecular weight excluding hydrogens is 584 g/mol. The first-order valence-corrected chi connectivity index (χ1v) is 13.7. The molecule has 1 aliphatic rings. The van der Waals surface area contributed by atoms with E-state index in [0.717, 1.165) is 10.0 Å². The Morgan fingerprint density at radius 3 is 2.59 bits per heavy atom. The minimum atomic E-state index is -0.807. The number of aromatic nitrogens is 1. The monoisotopic (exact) mass is 608 g/mol. The lowest BCUT2D eigenvalue weighted by Crippen LogP contribution is -2.40. The maximum absolute atomic E-state index is 13.9. The molecule has 0 fully saturated rings. The molecule has 0 N–H and O–H groups in total. The highest BCUT2D eigenvalue weighted by Crippen LogP contribution is 2.37. The van der Waals surface area contributed by atoms with Gasteiger partial charge in [-0.2, -0.15) is 0 Å². The van der Waals surface area contributed by atoms with Gasteiger partial charge in [0.25, 0.3) is 5.56 Å². The normalized spacial score (nSPS) is 15.1. The molecule has 0 saturated heterocycles. The van der Waals surface area contributed by atoms with Gasteiger partial charge in [0.15, 0.2) is 4.80 Å². The molecule has 1 atom stereocenters. The number of furan rings is 1. The summed E-state index contributed by atoms with van der Waals surface area (Å²) in [5.74, 6) is 1.72. The van der Waals surface area contributed by atoms with Gasteiger partial charge in [0.1, 0.15) is 29.1 Å². The van der Waals surface area contributed by atoms with Crippen molar-refractivity contribution in [2.24, 2.45) is 4.99 Å². The van der Waals surface area contributed by atoms with Gasteiger partial charge in [-0.25, -0.2) is 9.79 Å². The number of rotatable bonds is 7. The van der Waals surface area contributed by atoms with Gasteiger partial charge in [-0.05, 0) is 50.2 Å². The Bertz CT molecular complexity index is 1760. The number of nitrogens with zero attached hydrogens (tertiary/aromatic N) is 2. The summed E-state index contributed by atoms with van der Waals surface area (Å²) >= 11 is 4.66. The van der Waals surface area contributed by atoms with Crippen molar-refractivity contribution in [3.05, 3.63) is 101 Å². The van der Waals surface area contributed by atoms with E-state index in [2.05, 4.69) is 20.9 Å². The van der Waals surface area contributed by atoms with Gasteiger partial charge in [-0.3, -0.25) is 9.36 Å². The maximum atomic E-state index is 13.9. The summed E-state index contributed by atoms with van der Waals surface area (Å²) in [5, 5.41) is 0. The lowest BCUT2D eigenvalue weighted by molar-refractivity contribution is -0.139. The van der Waals surface area contributed by atoms with E-state index in [-0.39, 0.29) is 17.7 Å². The van der Waals surface area contributed by atoms with E-state index in [1.54, 1.807) is 45.2 Å². The number of carbonyl (C=O) groups is 1. The Kier molecular flexibility index (Phi) is 7.58. The quantitative estimate of drug-likeness (QED) is 0.279. The molecule has 8 nitrogen and oxygen atoms in total. The average Bonchev–Trinajstić information content (AvgIpc) is 3.52. The Labute approximate surface area is 236 Å². The number of carbonyl (C=O) groups excluding carboxylic acids is 1. The zero-order valence-electron chi connectivity index (χ0n) is 21.7. The number of thiazole rings is 1. The number of esters is 1. The van der Waals surface area contributed by atoms with Crippen molar-refractivity contribution >= 4 is 39.3 Å². The van der Waals surface area contributed by atoms with Gasteiger partial charge in [0, 0.05) is 27.7 Å². The number of fused-ring (bicyclic) bond motifs is 1. The summed E-state index contributed by atoms with van der Waals surface area (Å²) < 4.78 is 25.3. The van der Waals surface area contributed by atoms with Crippen LogP contribution in [-0.2, 0) is 9.53 Å². The first kappa shape index (κ1) is 26.7. The third-order valence-electron chi connectivity index (χ3n) is 6.28. The third kappa shape index (κ3) is 5.09. The molecule has 0 saturated carbocycles. The van der Waals surface area contributed by atoms with Crippen molar-refractivity contribution in [3.8, 4) is 22.8 Å². The van der Waals surface area contributed by atoms with Crippen molar-refractivity contribution < 1.29 is 23.4 Å². The fourth-order valence-electron chi connectivity index (χ4n) is 4.46. The van der Waals surface area contributed by atoms with Gasteiger partial charge in [0.05, 0.1) is 36.6 Å². The molecule has 0 unspecified atom stereocenters. The summed E-state index contributed by atoms with van der Waals surface area (Å²) in [7, 11) is 3.09. The minimum absolute atomic E-state index is 0.186. The second-order valence-electron chi connectivity index (χ2n) is 8.62. The summed E-state index contributed by atoms with van der Waals surface area (Å²) in [6, 6.07) is 15.9. The molecule has 2 aromatic carbocycles. The smallest absolute Gasteiger partial charge is 0.338 e. The number of halogens is 1. The molecule has 5 rings (SSSR count). The summed E-state index contributed by atoms with van der Waals surface area (Å²) in [6.45, 7) is 3.66. The predicted octanol–water partition coefficient (Wildman–Crippen LogP) is 4.84. The van der Waals surface area contributed by atoms with Crippen LogP contribution in [0.25, 0.3) is 17.4 Å². The SMILES string of the molecule is CCOC(=O)C1=C(C)N=c2s/c(=C\c3ccc(-c4ccc(Br)cc4)o3)c(=O)n2[C@H]1c1ccc(OC)cc1OC. The number of hydrogen-bond donors (Lipinski definition) is 0. The number of methoxy groups -OCH3 is 2. The highest BCUT2D eigenvalue weighted by Gasteiger charge is 2.35. The zero-order valence-corrected chi connectivity index (χ0v) is 24.1. The second kappa shape index (κ2) is 11.1. The molecule has 10 heteroatoms. The second-order valence-corrected chi connectivity index (χ2v) is 10.5. The lowest BCUT2D eigenvalue weighted by atomic mass is 9.95. The highest BCUT2D eigenvalue weighted by molar-refractivity contribution is 9.10. The van der Waals surface area contributed by atoms with Gasteiger partial charge in [-0.15, -0.1) is 0 Å². The van der Waals surface area contributed by atoms with Crippen LogP contribution >= 0.6 is 27.3 Å². The Balaban J connectivity index is 1.67. The topological polar surface area (TPSA) is 92.3 Å². The van der Waals surface area contributed by atoms with E-state index in [4.69, 9.17) is 18.6 Å². The van der Waals surface area contributed by atoms with Crippen molar-refractivity contribution in [2.45, 2.75) is 19.9 Å². The van der Waals surface area contributed by atoms with Crippen LogP contribution in [0.5, 0.6) is 11.5 Å². The standard InChI is InChI=1S/C29H25BrN2O6S/c1-5-37-28(34)25-16(2)31-29-32(26(25)21-12-10-19(35-3)14-23(21)36-4)27(33)24(39-29)15-20-11-13-22(38-20)17-6-8-18(30)9-7-17/h6-15,26H,5H2,1-4H3/b24-15-/t26-/m0/s1. The minimum Gasteiger partial charge on any atom is -0.497 e. The molecule has 1 aliphatic heterocycles. The van der Waals surface area contributed by atoms with Gasteiger partial charge in [0.2, 0.25) is 0 Å². The molecule has 39 heavy (non-hydrogen) atoms. The van der Waals surface area contributed by atoms with Crippen molar-refractivity contribution in [2.75, 3.05) is 20.8 Å². The molecular formula is C29H25BrN2O6S. The first-order chi connectivity index (χ1) is 18.8. The molecule has 200 valence electrons. The largest absolute Gasteiger partial charge is 0.497 e. The summed E-state index contributed by atoms with van der Waals surface area (Å²) in [6.07, 6.45) is 1.69. The van der Waals surface area contributed by atoms with E-state index in [0.29, 0.717) is 43.6 Å². The van der Waals surface area contributed by atoms with Gasteiger partial charge < -0.3 is 18.6 Å². The van der Waals surface area contributed by atoms with E-state index < -0.39 is 12.0 Å². The van der Waals surface area contributed by atoms with Crippen molar-refractivity contribution in [1.29, 1.82) is 0 Å². The van der Waals surface area contributed by atoms with Crippen LogP contribution in [0, 0.1) is 0 Å². The van der Waals surface area contributed by atoms with Crippen LogP contribution in [0.3, 0.4) is 0 Å². The highest BCUT2D eigenvalue weighted by atomic mass is 79.9. The molecule has 0 amide bonds. The molecule has 4 aromatic rings. The van der Waals surface area contributed by atoms with Crippen LogP contribution in [0.4, 0.5) is 0 Å². The van der Waals surface area contributed by atoms with Gasteiger partial charge >= 0.3 is 5.97 Å². The molecule has 0 radical (unpaired) electrons. The molecule has 0 aliphatic carbocycles. The van der Waals surface area contributed by atoms with Crippen LogP contribution < -0.4 is 24.4 Å². The van der Waals surface area contributed by atoms with Crippen LogP contribution in [0.1, 0.15) is 31.2 Å². The van der Waals surface area contributed by atoms with Crippen LogP contribution in [0.2, 0.25) is 0 Å². The van der Waals surface area contributed by atoms with Crippen LogP contribution in [0.15, 0.2) is 84.5 Å². The molecule has 2 aromatic heterocycles. The third-order valence-corrected chi connectivity index (χ3v) is 7.79. The number of allylic oxidation sites excluding steroid dienone is 1. The van der Waals surface area contributed by atoms with E-state index in [1.165, 1.54) is 23.0 Å². The Morgan fingerprint density at radius 1 is 1.13 bits per heavy atom. The molecule has 3 heterocycles. The van der Waals surface area contributed by atoms with Crippen molar-refractivity contribution in [3.63, 3.8) is 0 Å².